The maximum Gasteiger partial charge on any atom is 0.422 e. The first-order valence-electron chi connectivity index (χ1n) is 7.04. The van der Waals surface area contributed by atoms with Gasteiger partial charge in [0.15, 0.2) is 6.61 Å². The number of ether oxygens (including phenoxy) is 1. The fraction of sp³-hybridized carbons (Fsp3) is 0.533. The molecule has 0 saturated heterocycles. The van der Waals surface area contributed by atoms with Crippen LogP contribution in [-0.2, 0) is 11.3 Å². The van der Waals surface area contributed by atoms with Crippen LogP contribution < -0.4 is 15.8 Å². The number of nitrogens with two attached hydrogens (primary N) is 1. The molecule has 0 fully saturated rings. The summed E-state index contributed by atoms with van der Waals surface area (Å²) in [5, 5.41) is 2.67. The summed E-state index contributed by atoms with van der Waals surface area (Å²) in [6.07, 6.45) is -3.59. The van der Waals surface area contributed by atoms with Crippen molar-refractivity contribution in [2.24, 2.45) is 11.7 Å². The monoisotopic (exact) mass is 318 g/mol. The third-order valence-corrected chi connectivity index (χ3v) is 3.33. The summed E-state index contributed by atoms with van der Waals surface area (Å²) >= 11 is 0. The summed E-state index contributed by atoms with van der Waals surface area (Å²) < 4.78 is 41.0. The van der Waals surface area contributed by atoms with Crippen LogP contribution in [0.15, 0.2) is 24.3 Å². The Kier molecular flexibility index (Phi) is 6.67. The Morgan fingerprint density at radius 3 is 2.68 bits per heavy atom. The number of amides is 1. The molecule has 2 unspecified atom stereocenters. The highest BCUT2D eigenvalue weighted by atomic mass is 19.4. The number of alkyl halides is 3. The topological polar surface area (TPSA) is 64.4 Å². The molecular weight excluding hydrogens is 297 g/mol. The second kappa shape index (κ2) is 8.03. The molecule has 0 radical (unpaired) electrons. The second-order valence-electron chi connectivity index (χ2n) is 5.18. The van der Waals surface area contributed by atoms with E-state index >= 15 is 0 Å². The van der Waals surface area contributed by atoms with Crippen molar-refractivity contribution in [3.63, 3.8) is 0 Å². The Morgan fingerprint density at radius 1 is 1.41 bits per heavy atom. The molecule has 1 aromatic carbocycles. The first kappa shape index (κ1) is 18.3. The third kappa shape index (κ3) is 6.34. The van der Waals surface area contributed by atoms with Gasteiger partial charge in [-0.3, -0.25) is 4.79 Å². The number of halogens is 3. The predicted molar refractivity (Wildman–Crippen MR) is 77.3 cm³/mol. The van der Waals surface area contributed by atoms with Crippen LogP contribution in [0.5, 0.6) is 5.75 Å². The minimum absolute atomic E-state index is 0.0569. The molecule has 0 aliphatic carbocycles. The van der Waals surface area contributed by atoms with Gasteiger partial charge < -0.3 is 15.8 Å². The SMILES string of the molecule is CCC(C)C(N)C(=O)NCc1cccc(OCC(F)(F)F)c1. The summed E-state index contributed by atoms with van der Waals surface area (Å²) in [6.45, 7) is 2.67. The van der Waals surface area contributed by atoms with E-state index in [4.69, 9.17) is 5.73 Å². The number of nitrogens with one attached hydrogen (secondary N) is 1. The highest BCUT2D eigenvalue weighted by Gasteiger charge is 2.28. The van der Waals surface area contributed by atoms with Gasteiger partial charge in [-0.1, -0.05) is 32.4 Å². The van der Waals surface area contributed by atoms with Crippen LogP contribution >= 0.6 is 0 Å². The molecule has 1 aromatic rings. The van der Waals surface area contributed by atoms with Crippen molar-refractivity contribution in [2.45, 2.75) is 39.0 Å². The number of rotatable bonds is 7. The average molecular weight is 318 g/mol. The van der Waals surface area contributed by atoms with Crippen LogP contribution in [0.1, 0.15) is 25.8 Å². The van der Waals surface area contributed by atoms with Crippen molar-refractivity contribution in [1.82, 2.24) is 5.32 Å². The average Bonchev–Trinajstić information content (AvgIpc) is 2.48. The lowest BCUT2D eigenvalue weighted by atomic mass is 9.99. The van der Waals surface area contributed by atoms with Crippen molar-refractivity contribution in [3.8, 4) is 5.75 Å². The minimum Gasteiger partial charge on any atom is -0.484 e. The van der Waals surface area contributed by atoms with Crippen LogP contribution in [0.4, 0.5) is 13.2 Å². The van der Waals surface area contributed by atoms with E-state index in [-0.39, 0.29) is 24.1 Å². The summed E-state index contributed by atoms with van der Waals surface area (Å²) in [4.78, 5) is 11.8. The van der Waals surface area contributed by atoms with Gasteiger partial charge in [0.2, 0.25) is 5.91 Å². The van der Waals surface area contributed by atoms with Gasteiger partial charge in [0.25, 0.3) is 0 Å². The highest BCUT2D eigenvalue weighted by Crippen LogP contribution is 2.19. The van der Waals surface area contributed by atoms with E-state index in [0.717, 1.165) is 6.42 Å². The van der Waals surface area contributed by atoms with E-state index in [1.54, 1.807) is 12.1 Å². The Morgan fingerprint density at radius 2 is 2.09 bits per heavy atom. The molecule has 1 amide bonds. The van der Waals surface area contributed by atoms with Crippen LogP contribution in [-0.4, -0.2) is 24.7 Å². The first-order valence-corrected chi connectivity index (χ1v) is 7.04. The molecule has 1 rings (SSSR count). The smallest absolute Gasteiger partial charge is 0.422 e. The molecule has 2 atom stereocenters. The molecule has 0 bridgehead atoms. The van der Waals surface area contributed by atoms with Crippen molar-refractivity contribution >= 4 is 5.91 Å². The number of carbonyl (C=O) groups excluding carboxylic acids is 1. The maximum absolute atomic E-state index is 12.1. The lowest BCUT2D eigenvalue weighted by Gasteiger charge is -2.18. The fourth-order valence-electron chi connectivity index (χ4n) is 1.73. The standard InChI is InChI=1S/C15H21F3N2O2/c1-3-10(2)13(19)14(21)20-8-11-5-4-6-12(7-11)22-9-15(16,17)18/h4-7,10,13H,3,8-9,19H2,1-2H3,(H,20,21). The Hall–Kier alpha value is -1.76. The van der Waals surface area contributed by atoms with Gasteiger partial charge in [-0.15, -0.1) is 0 Å². The van der Waals surface area contributed by atoms with E-state index in [9.17, 15) is 18.0 Å². The minimum atomic E-state index is -4.38. The Balaban J connectivity index is 2.54. The molecular formula is C15H21F3N2O2. The zero-order chi connectivity index (χ0) is 16.8. The molecule has 124 valence electrons. The van der Waals surface area contributed by atoms with E-state index in [1.807, 2.05) is 13.8 Å². The molecule has 22 heavy (non-hydrogen) atoms. The fourth-order valence-corrected chi connectivity index (χ4v) is 1.73. The molecule has 0 saturated carbocycles. The van der Waals surface area contributed by atoms with Gasteiger partial charge in [-0.2, -0.15) is 13.2 Å². The molecule has 0 aromatic heterocycles. The lowest BCUT2D eigenvalue weighted by molar-refractivity contribution is -0.153. The summed E-state index contributed by atoms with van der Waals surface area (Å²) in [6, 6.07) is 5.55. The lowest BCUT2D eigenvalue weighted by Crippen LogP contribution is -2.44. The van der Waals surface area contributed by atoms with Crippen LogP contribution in [0.25, 0.3) is 0 Å². The zero-order valence-electron chi connectivity index (χ0n) is 12.6. The van der Waals surface area contributed by atoms with Crippen molar-refractivity contribution in [2.75, 3.05) is 6.61 Å². The summed E-state index contributed by atoms with van der Waals surface area (Å²) in [7, 11) is 0. The summed E-state index contributed by atoms with van der Waals surface area (Å²) in [5.41, 5.74) is 6.44. The van der Waals surface area contributed by atoms with Crippen LogP contribution in [0.3, 0.4) is 0 Å². The van der Waals surface area contributed by atoms with Gasteiger partial charge in [-0.05, 0) is 23.6 Å². The largest absolute Gasteiger partial charge is 0.484 e. The van der Waals surface area contributed by atoms with E-state index in [2.05, 4.69) is 10.1 Å². The van der Waals surface area contributed by atoms with E-state index < -0.39 is 18.8 Å². The molecule has 3 N–H and O–H groups in total. The first-order chi connectivity index (χ1) is 10.2. The number of benzene rings is 1. The third-order valence-electron chi connectivity index (χ3n) is 3.33. The molecule has 0 aliphatic rings. The van der Waals surface area contributed by atoms with Gasteiger partial charge in [0, 0.05) is 6.54 Å². The maximum atomic E-state index is 12.1. The van der Waals surface area contributed by atoms with Gasteiger partial charge in [-0.25, -0.2) is 0 Å². The van der Waals surface area contributed by atoms with Crippen molar-refractivity contribution in [1.29, 1.82) is 0 Å². The number of hydrogen-bond acceptors (Lipinski definition) is 3. The normalized spacial score (nSPS) is 14.3. The predicted octanol–water partition coefficient (Wildman–Crippen LogP) is 2.62. The molecule has 0 spiro atoms. The molecule has 7 heteroatoms. The molecule has 4 nitrogen and oxygen atoms in total. The van der Waals surface area contributed by atoms with Gasteiger partial charge >= 0.3 is 6.18 Å². The van der Waals surface area contributed by atoms with E-state index in [1.165, 1.54) is 12.1 Å². The van der Waals surface area contributed by atoms with Gasteiger partial charge in [0.1, 0.15) is 5.75 Å². The second-order valence-corrected chi connectivity index (χ2v) is 5.18. The number of hydrogen-bond donors (Lipinski definition) is 2. The molecule has 0 aliphatic heterocycles. The van der Waals surface area contributed by atoms with Crippen LogP contribution in [0, 0.1) is 5.92 Å². The van der Waals surface area contributed by atoms with Crippen molar-refractivity contribution in [3.05, 3.63) is 29.8 Å². The number of carbonyl (C=O) groups is 1. The van der Waals surface area contributed by atoms with Crippen LogP contribution in [0.2, 0.25) is 0 Å². The zero-order valence-corrected chi connectivity index (χ0v) is 12.6. The van der Waals surface area contributed by atoms with E-state index in [0.29, 0.717) is 5.56 Å². The highest BCUT2D eigenvalue weighted by molar-refractivity contribution is 5.81. The molecule has 0 heterocycles. The van der Waals surface area contributed by atoms with Gasteiger partial charge in [0.05, 0.1) is 6.04 Å². The quantitative estimate of drug-likeness (QED) is 0.812. The Bertz CT molecular complexity index is 492. The van der Waals surface area contributed by atoms with Crippen molar-refractivity contribution < 1.29 is 22.7 Å². The summed E-state index contributed by atoms with van der Waals surface area (Å²) in [5.74, 6) is -0.118. The Labute approximate surface area is 127 Å².